The third kappa shape index (κ3) is 1.84. The average molecular weight is 294 g/mol. The molecule has 1 aliphatic rings. The molecular weight excluding hydrogens is 280 g/mol. The number of carbonyl (C=O) groups is 2. The number of hydrogen-bond donors (Lipinski definition) is 1. The van der Waals surface area contributed by atoms with Crippen molar-refractivity contribution in [2.24, 2.45) is 0 Å². The predicted octanol–water partition coefficient (Wildman–Crippen LogP) is 2.90. The van der Waals surface area contributed by atoms with Crippen molar-refractivity contribution in [3.8, 4) is 11.5 Å². The first-order valence-corrected chi connectivity index (χ1v) is 6.82. The molecule has 4 nitrogen and oxygen atoms in total. The standard InChI is InChI=1S/C18H14O4/c1-3-6-12-14(22-2)9-13-15(18(12)21)17(20)11-8-5-4-7-10(11)16(13)19/h3-5,7-9,21H,1,6H2,2H3. The average Bonchev–Trinajstić information content (AvgIpc) is 2.54. The molecule has 3 rings (SSSR count). The molecule has 0 fully saturated rings. The van der Waals surface area contributed by atoms with Gasteiger partial charge in [0.25, 0.3) is 0 Å². The van der Waals surface area contributed by atoms with Crippen molar-refractivity contribution >= 4 is 11.6 Å². The molecule has 110 valence electrons. The lowest BCUT2D eigenvalue weighted by atomic mass is 9.82. The van der Waals surface area contributed by atoms with Gasteiger partial charge in [-0.1, -0.05) is 30.3 Å². The van der Waals surface area contributed by atoms with E-state index in [1.54, 1.807) is 30.3 Å². The minimum atomic E-state index is -0.351. The first-order valence-electron chi connectivity index (χ1n) is 6.82. The van der Waals surface area contributed by atoms with Crippen LogP contribution < -0.4 is 4.74 Å². The SMILES string of the molecule is C=CCc1c(OC)cc2c(c1O)C(=O)c1ccccc1C2=O. The molecule has 0 aliphatic heterocycles. The van der Waals surface area contributed by atoms with E-state index in [2.05, 4.69) is 6.58 Å². The van der Waals surface area contributed by atoms with Crippen molar-refractivity contribution in [3.05, 3.63) is 70.8 Å². The molecular formula is C18H14O4. The Kier molecular flexibility index (Phi) is 3.29. The number of benzene rings is 2. The Balaban J connectivity index is 2.33. The number of hydrogen-bond acceptors (Lipinski definition) is 4. The molecule has 22 heavy (non-hydrogen) atoms. The summed E-state index contributed by atoms with van der Waals surface area (Å²) in [7, 11) is 1.46. The molecule has 0 amide bonds. The van der Waals surface area contributed by atoms with Gasteiger partial charge in [0.15, 0.2) is 11.6 Å². The van der Waals surface area contributed by atoms with Crippen molar-refractivity contribution < 1.29 is 19.4 Å². The third-order valence-corrected chi connectivity index (χ3v) is 3.82. The number of carbonyl (C=O) groups excluding carboxylic acids is 2. The summed E-state index contributed by atoms with van der Waals surface area (Å²) in [6.45, 7) is 3.64. The van der Waals surface area contributed by atoms with Gasteiger partial charge in [0, 0.05) is 22.3 Å². The Hall–Kier alpha value is -2.88. The molecule has 0 heterocycles. The van der Waals surface area contributed by atoms with E-state index < -0.39 is 0 Å². The van der Waals surface area contributed by atoms with E-state index in [-0.39, 0.29) is 28.4 Å². The van der Waals surface area contributed by atoms with Crippen LogP contribution >= 0.6 is 0 Å². The van der Waals surface area contributed by atoms with Crippen molar-refractivity contribution in [1.82, 2.24) is 0 Å². The molecule has 4 heteroatoms. The first-order chi connectivity index (χ1) is 10.6. The second kappa shape index (κ2) is 5.15. The van der Waals surface area contributed by atoms with E-state index in [9.17, 15) is 14.7 Å². The molecule has 1 aliphatic carbocycles. The van der Waals surface area contributed by atoms with Crippen molar-refractivity contribution in [3.63, 3.8) is 0 Å². The zero-order chi connectivity index (χ0) is 15.9. The fraction of sp³-hybridized carbons (Fsp3) is 0.111. The topological polar surface area (TPSA) is 63.6 Å². The molecule has 0 unspecified atom stereocenters. The van der Waals surface area contributed by atoms with Crippen molar-refractivity contribution in [2.75, 3.05) is 7.11 Å². The lowest BCUT2D eigenvalue weighted by Crippen LogP contribution is -2.21. The van der Waals surface area contributed by atoms with Crippen molar-refractivity contribution in [1.29, 1.82) is 0 Å². The van der Waals surface area contributed by atoms with Crippen LogP contribution in [0.5, 0.6) is 11.5 Å². The van der Waals surface area contributed by atoms with Crippen LogP contribution in [0, 0.1) is 0 Å². The van der Waals surface area contributed by atoms with Crippen LogP contribution in [0.25, 0.3) is 0 Å². The van der Waals surface area contributed by atoms with Gasteiger partial charge >= 0.3 is 0 Å². The molecule has 0 bridgehead atoms. The number of phenols is 1. The van der Waals surface area contributed by atoms with E-state index in [4.69, 9.17) is 4.74 Å². The fourth-order valence-corrected chi connectivity index (χ4v) is 2.78. The Morgan fingerprint density at radius 1 is 1.14 bits per heavy atom. The maximum atomic E-state index is 12.7. The molecule has 0 saturated carbocycles. The number of phenolic OH excluding ortho intramolecular Hbond substituents is 1. The summed E-state index contributed by atoms with van der Waals surface area (Å²) < 4.78 is 5.25. The van der Waals surface area contributed by atoms with Crippen molar-refractivity contribution in [2.45, 2.75) is 6.42 Å². The molecule has 0 aromatic heterocycles. The minimum Gasteiger partial charge on any atom is -0.507 e. The largest absolute Gasteiger partial charge is 0.507 e. The summed E-state index contributed by atoms with van der Waals surface area (Å²) >= 11 is 0. The highest BCUT2D eigenvalue weighted by Crippen LogP contribution is 2.40. The van der Waals surface area contributed by atoms with Gasteiger partial charge in [-0.15, -0.1) is 6.58 Å². The monoisotopic (exact) mass is 294 g/mol. The predicted molar refractivity (Wildman–Crippen MR) is 81.9 cm³/mol. The molecule has 2 aromatic carbocycles. The summed E-state index contributed by atoms with van der Waals surface area (Å²) in [6.07, 6.45) is 1.94. The van der Waals surface area contributed by atoms with Gasteiger partial charge in [0.05, 0.1) is 12.7 Å². The minimum absolute atomic E-state index is 0.0429. The zero-order valence-electron chi connectivity index (χ0n) is 12.1. The second-order valence-electron chi connectivity index (χ2n) is 5.03. The smallest absolute Gasteiger partial charge is 0.198 e. The quantitative estimate of drug-likeness (QED) is 0.754. The zero-order valence-corrected chi connectivity index (χ0v) is 12.1. The van der Waals surface area contributed by atoms with Crippen LogP contribution in [0.15, 0.2) is 43.0 Å². The van der Waals surface area contributed by atoms with Gasteiger partial charge in [-0.3, -0.25) is 9.59 Å². The molecule has 0 saturated heterocycles. The number of ether oxygens (including phenoxy) is 1. The maximum Gasteiger partial charge on any atom is 0.198 e. The van der Waals surface area contributed by atoms with Gasteiger partial charge in [0.1, 0.15) is 11.5 Å². The van der Waals surface area contributed by atoms with Gasteiger partial charge in [-0.2, -0.15) is 0 Å². The van der Waals surface area contributed by atoms with Gasteiger partial charge < -0.3 is 9.84 Å². The van der Waals surface area contributed by atoms with Crippen LogP contribution in [0.3, 0.4) is 0 Å². The number of allylic oxidation sites excluding steroid dienone is 1. The molecule has 0 spiro atoms. The summed E-state index contributed by atoms with van der Waals surface area (Å²) in [5.41, 5.74) is 1.33. The Labute approximate surface area is 127 Å². The van der Waals surface area contributed by atoms with Crippen LogP contribution in [0.2, 0.25) is 0 Å². The first kappa shape index (κ1) is 14.1. The summed E-state index contributed by atoms with van der Waals surface area (Å²) in [5, 5.41) is 10.5. The van der Waals surface area contributed by atoms with Crippen LogP contribution in [-0.4, -0.2) is 23.8 Å². The number of aromatic hydroxyl groups is 1. The van der Waals surface area contributed by atoms with Crippen LogP contribution in [0.4, 0.5) is 0 Å². The molecule has 1 N–H and O–H groups in total. The van der Waals surface area contributed by atoms with Gasteiger partial charge in [-0.05, 0) is 12.5 Å². The highest BCUT2D eigenvalue weighted by atomic mass is 16.5. The van der Waals surface area contributed by atoms with Gasteiger partial charge in [-0.25, -0.2) is 0 Å². The number of methoxy groups -OCH3 is 1. The van der Waals surface area contributed by atoms with Crippen LogP contribution in [-0.2, 0) is 6.42 Å². The number of ketones is 2. The highest BCUT2D eigenvalue weighted by molar-refractivity contribution is 6.29. The van der Waals surface area contributed by atoms with Crippen LogP contribution in [0.1, 0.15) is 37.4 Å². The summed E-state index contributed by atoms with van der Waals surface area (Å²) in [4.78, 5) is 25.3. The van der Waals surface area contributed by atoms with E-state index in [0.717, 1.165) is 0 Å². The molecule has 0 radical (unpaired) electrons. The highest BCUT2D eigenvalue weighted by Gasteiger charge is 2.34. The Morgan fingerprint density at radius 3 is 2.36 bits per heavy atom. The van der Waals surface area contributed by atoms with Gasteiger partial charge in [0.2, 0.25) is 0 Å². The molecule has 0 atom stereocenters. The second-order valence-corrected chi connectivity index (χ2v) is 5.03. The number of rotatable bonds is 3. The molecule has 2 aromatic rings. The number of fused-ring (bicyclic) bond motifs is 2. The lowest BCUT2D eigenvalue weighted by molar-refractivity contribution is 0.0976. The fourth-order valence-electron chi connectivity index (χ4n) is 2.78. The van der Waals surface area contributed by atoms with E-state index in [1.165, 1.54) is 13.2 Å². The summed E-state index contributed by atoms with van der Waals surface area (Å²) in [5.74, 6) is -0.474. The Morgan fingerprint density at radius 2 is 1.77 bits per heavy atom. The third-order valence-electron chi connectivity index (χ3n) is 3.82. The lowest BCUT2D eigenvalue weighted by Gasteiger charge is -2.21. The normalized spacial score (nSPS) is 12.6. The maximum absolute atomic E-state index is 12.7. The van der Waals surface area contributed by atoms with E-state index in [1.807, 2.05) is 0 Å². The van der Waals surface area contributed by atoms with E-state index in [0.29, 0.717) is 28.9 Å². The summed E-state index contributed by atoms with van der Waals surface area (Å²) in [6, 6.07) is 8.12. The van der Waals surface area contributed by atoms with E-state index >= 15 is 0 Å². The Bertz CT molecular complexity index is 818.